The summed E-state index contributed by atoms with van der Waals surface area (Å²) in [6.45, 7) is 8.61. The first-order valence-electron chi connectivity index (χ1n) is 16.8. The van der Waals surface area contributed by atoms with Crippen LogP contribution in [0.1, 0.15) is 59.3 Å². The molecule has 0 spiro atoms. The van der Waals surface area contributed by atoms with Gasteiger partial charge in [0.1, 0.15) is 17.5 Å². The number of aromatic hydroxyl groups is 1. The lowest BCUT2D eigenvalue weighted by molar-refractivity contribution is -0.110. The number of pyridine rings is 1. The highest BCUT2D eigenvalue weighted by molar-refractivity contribution is 5.74. The van der Waals surface area contributed by atoms with Crippen LogP contribution in [-0.4, -0.2) is 93.5 Å². The first kappa shape index (κ1) is 31.3. The number of likely N-dealkylation sites (tertiary alicyclic amines) is 1. The molecule has 4 aliphatic rings. The van der Waals surface area contributed by atoms with E-state index in [4.69, 9.17) is 19.9 Å². The minimum atomic E-state index is -0.484. The largest absolute Gasteiger partial charge is 0.507 e. The molecule has 2 bridgehead atoms. The highest BCUT2D eigenvalue weighted by Gasteiger charge is 2.41. The molecule has 3 saturated heterocycles. The molecule has 2 atom stereocenters. The Morgan fingerprint density at radius 3 is 2.36 bits per heavy atom. The molecule has 250 valence electrons. The summed E-state index contributed by atoms with van der Waals surface area (Å²) >= 11 is 0. The molecule has 4 fully saturated rings. The third-order valence-corrected chi connectivity index (χ3v) is 9.64. The van der Waals surface area contributed by atoms with Gasteiger partial charge in [-0.05, 0) is 70.7 Å². The first-order chi connectivity index (χ1) is 22.6. The van der Waals surface area contributed by atoms with Gasteiger partial charge in [0.15, 0.2) is 5.82 Å². The van der Waals surface area contributed by atoms with Crippen molar-refractivity contribution in [2.24, 2.45) is 0 Å². The van der Waals surface area contributed by atoms with Gasteiger partial charge in [-0.1, -0.05) is 12.1 Å². The smallest absolute Gasteiger partial charge is 0.410 e. The summed E-state index contributed by atoms with van der Waals surface area (Å²) in [6, 6.07) is 13.8. The average Bonchev–Trinajstić information content (AvgIpc) is 3.29. The number of phenolic OH excluding ortho intramolecular Hbond substituents is 1. The number of nitrogens with zero attached hydrogens (tertiary/aromatic N) is 6. The molecule has 3 N–H and O–H groups in total. The Balaban J connectivity index is 0.917. The number of benzene rings is 1. The normalized spacial score (nSPS) is 24.6. The standard InChI is InChI=1S/C35H45N7O5/c1-35(2,3)47-34(44)40-14-11-25(12-15-40)45-26-17-27(18-26)46-32-16-22(10-13-37-32)42-23-8-9-24(42)21-41(20-23)30-19-29(38-39-33(30)36)28-6-4-5-7-31(28)43/h4-7,10,13,16,19,23-27,43H,8-9,11-12,14-15,17-18,20-21H2,1-3H3,(H2,36,39)/t23?,24?,26-,27-. The number of fused-ring (bicyclic) bond motifs is 2. The van der Waals surface area contributed by atoms with E-state index in [0.717, 1.165) is 63.0 Å². The Morgan fingerprint density at radius 1 is 0.936 bits per heavy atom. The Bertz CT molecular complexity index is 1570. The maximum atomic E-state index is 12.4. The molecule has 3 aliphatic heterocycles. The zero-order valence-corrected chi connectivity index (χ0v) is 27.4. The number of aromatic nitrogens is 3. The fraction of sp³-hybridized carbons (Fsp3) is 0.543. The number of piperazine rings is 1. The molecule has 3 aromatic rings. The molecule has 1 amide bonds. The zero-order chi connectivity index (χ0) is 32.7. The number of hydrogen-bond donors (Lipinski definition) is 2. The van der Waals surface area contributed by atoms with Crippen molar-refractivity contribution >= 4 is 23.3 Å². The predicted molar refractivity (Wildman–Crippen MR) is 179 cm³/mol. The van der Waals surface area contributed by atoms with Crippen molar-refractivity contribution in [3.05, 3.63) is 48.7 Å². The van der Waals surface area contributed by atoms with Gasteiger partial charge in [0.25, 0.3) is 0 Å². The number of piperidine rings is 1. The van der Waals surface area contributed by atoms with Gasteiger partial charge in [-0.2, -0.15) is 0 Å². The number of nitrogen functional groups attached to an aromatic ring is 1. The van der Waals surface area contributed by atoms with Gasteiger partial charge in [-0.15, -0.1) is 10.2 Å². The van der Waals surface area contributed by atoms with E-state index < -0.39 is 5.60 Å². The molecule has 7 rings (SSSR count). The van der Waals surface area contributed by atoms with Crippen LogP contribution in [0, 0.1) is 0 Å². The van der Waals surface area contributed by atoms with Crippen molar-refractivity contribution < 1.29 is 24.1 Å². The van der Waals surface area contributed by atoms with E-state index in [1.165, 1.54) is 0 Å². The van der Waals surface area contributed by atoms with Gasteiger partial charge in [0.05, 0.1) is 23.6 Å². The van der Waals surface area contributed by atoms with E-state index in [2.05, 4.69) is 37.1 Å². The number of para-hydroxylation sites is 1. The summed E-state index contributed by atoms with van der Waals surface area (Å²) in [4.78, 5) is 23.5. The van der Waals surface area contributed by atoms with Crippen molar-refractivity contribution in [2.45, 2.75) is 95.3 Å². The summed E-state index contributed by atoms with van der Waals surface area (Å²) in [6.07, 6.45) is 7.50. The van der Waals surface area contributed by atoms with Crippen molar-refractivity contribution in [2.75, 3.05) is 41.7 Å². The molecule has 1 saturated carbocycles. The second-order valence-electron chi connectivity index (χ2n) is 14.2. The number of carbonyl (C=O) groups is 1. The first-order valence-corrected chi connectivity index (χ1v) is 16.8. The summed E-state index contributed by atoms with van der Waals surface area (Å²) in [5, 5.41) is 18.9. The van der Waals surface area contributed by atoms with Crippen LogP contribution in [0.4, 0.5) is 22.0 Å². The number of nitrogens with two attached hydrogens (primary N) is 1. The van der Waals surface area contributed by atoms with Crippen molar-refractivity contribution in [1.82, 2.24) is 20.1 Å². The Morgan fingerprint density at radius 2 is 1.66 bits per heavy atom. The molecular formula is C35H45N7O5. The van der Waals surface area contributed by atoms with Crippen molar-refractivity contribution in [3.8, 4) is 22.9 Å². The fourth-order valence-electron chi connectivity index (χ4n) is 7.28. The summed E-state index contributed by atoms with van der Waals surface area (Å²) < 4.78 is 18.2. The second-order valence-corrected chi connectivity index (χ2v) is 14.2. The van der Waals surface area contributed by atoms with Crippen LogP contribution in [0.15, 0.2) is 48.7 Å². The number of hydrogen-bond acceptors (Lipinski definition) is 11. The molecule has 5 heterocycles. The van der Waals surface area contributed by atoms with E-state index in [0.29, 0.717) is 48.1 Å². The van der Waals surface area contributed by atoms with Gasteiger partial charge in [0.2, 0.25) is 5.88 Å². The van der Waals surface area contributed by atoms with E-state index >= 15 is 0 Å². The van der Waals surface area contributed by atoms with Crippen LogP contribution in [0.3, 0.4) is 0 Å². The maximum absolute atomic E-state index is 12.4. The third-order valence-electron chi connectivity index (χ3n) is 9.64. The van der Waals surface area contributed by atoms with Gasteiger partial charge in [0, 0.05) is 74.6 Å². The summed E-state index contributed by atoms with van der Waals surface area (Å²) in [7, 11) is 0. The summed E-state index contributed by atoms with van der Waals surface area (Å²) in [5.74, 6) is 1.21. The number of carbonyl (C=O) groups excluding carboxylic acids is 1. The van der Waals surface area contributed by atoms with Crippen LogP contribution in [0.2, 0.25) is 0 Å². The minimum absolute atomic E-state index is 0.0820. The molecule has 47 heavy (non-hydrogen) atoms. The van der Waals surface area contributed by atoms with Crippen LogP contribution >= 0.6 is 0 Å². The predicted octanol–water partition coefficient (Wildman–Crippen LogP) is 5.01. The molecular weight excluding hydrogens is 598 g/mol. The lowest BCUT2D eigenvalue weighted by atomic mass is 9.91. The highest BCUT2D eigenvalue weighted by Crippen LogP contribution is 2.40. The lowest BCUT2D eigenvalue weighted by Crippen LogP contribution is -2.54. The molecule has 1 aromatic carbocycles. The highest BCUT2D eigenvalue weighted by atomic mass is 16.6. The van der Waals surface area contributed by atoms with Crippen LogP contribution in [-0.2, 0) is 9.47 Å². The SMILES string of the molecule is CC(C)(C)OC(=O)N1CCC(O[C@H]2C[C@H](Oc3cc(N4C5CCC4CN(c4cc(-c6ccccc6O)nnc4N)C5)ccn3)C2)CC1. The molecule has 12 nitrogen and oxygen atoms in total. The van der Waals surface area contributed by atoms with Gasteiger partial charge < -0.3 is 39.8 Å². The molecule has 0 radical (unpaired) electrons. The van der Waals surface area contributed by atoms with Gasteiger partial charge >= 0.3 is 6.09 Å². The van der Waals surface area contributed by atoms with Crippen LogP contribution in [0.25, 0.3) is 11.3 Å². The van der Waals surface area contributed by atoms with E-state index in [-0.39, 0.29) is 30.2 Å². The number of anilines is 3. The number of ether oxygens (including phenoxy) is 3. The average molecular weight is 644 g/mol. The van der Waals surface area contributed by atoms with E-state index in [9.17, 15) is 9.90 Å². The molecule has 2 aromatic heterocycles. The zero-order valence-electron chi connectivity index (χ0n) is 27.4. The number of phenols is 1. The molecule has 1 aliphatic carbocycles. The van der Waals surface area contributed by atoms with Gasteiger partial charge in [-0.3, -0.25) is 0 Å². The van der Waals surface area contributed by atoms with E-state index in [1.54, 1.807) is 17.0 Å². The fourth-order valence-corrected chi connectivity index (χ4v) is 7.28. The number of rotatable bonds is 7. The molecule has 2 unspecified atom stereocenters. The van der Waals surface area contributed by atoms with Crippen molar-refractivity contribution in [1.29, 1.82) is 0 Å². The quantitative estimate of drug-likeness (QED) is 0.359. The van der Waals surface area contributed by atoms with E-state index in [1.807, 2.05) is 45.2 Å². The molecule has 12 heteroatoms. The van der Waals surface area contributed by atoms with Crippen LogP contribution in [0.5, 0.6) is 11.6 Å². The number of amides is 1. The maximum Gasteiger partial charge on any atom is 0.410 e. The Hall–Kier alpha value is -4.32. The minimum Gasteiger partial charge on any atom is -0.507 e. The van der Waals surface area contributed by atoms with Crippen molar-refractivity contribution in [3.63, 3.8) is 0 Å². The summed E-state index contributed by atoms with van der Waals surface area (Å²) in [5.41, 5.74) is 9.06. The Kier molecular flexibility index (Phi) is 8.46. The topological polar surface area (TPSA) is 139 Å². The van der Waals surface area contributed by atoms with Crippen LogP contribution < -0.4 is 20.3 Å². The second kappa shape index (κ2) is 12.7. The van der Waals surface area contributed by atoms with Gasteiger partial charge in [-0.25, -0.2) is 9.78 Å². The third kappa shape index (κ3) is 6.88. The monoisotopic (exact) mass is 643 g/mol. The lowest BCUT2D eigenvalue weighted by Gasteiger charge is -2.43. The Labute approximate surface area is 275 Å².